The van der Waals surface area contributed by atoms with E-state index >= 15 is 0 Å². The normalized spacial score (nSPS) is 33.5. The molecule has 2 heterocycles. The third-order valence-corrected chi connectivity index (χ3v) is 6.70. The van der Waals surface area contributed by atoms with Gasteiger partial charge in [0, 0.05) is 25.0 Å². The second-order valence-electron chi connectivity index (χ2n) is 6.04. The topological polar surface area (TPSA) is 83.7 Å². The predicted octanol–water partition coefficient (Wildman–Crippen LogP) is -1.09. The third kappa shape index (κ3) is 2.64. The van der Waals surface area contributed by atoms with Crippen LogP contribution in [0.3, 0.4) is 0 Å². The van der Waals surface area contributed by atoms with Crippen LogP contribution in [-0.4, -0.2) is 75.4 Å². The van der Waals surface area contributed by atoms with Gasteiger partial charge in [0.25, 0.3) is 0 Å². The van der Waals surface area contributed by atoms with Crippen LogP contribution in [-0.2, 0) is 14.6 Å². The molecule has 0 spiro atoms. The Kier molecular flexibility index (Phi) is 3.90. The first kappa shape index (κ1) is 14.7. The van der Waals surface area contributed by atoms with Crippen molar-refractivity contribution in [3.63, 3.8) is 0 Å². The maximum absolute atomic E-state index is 12.2. The Morgan fingerprint density at radius 3 is 2.68 bits per heavy atom. The lowest BCUT2D eigenvalue weighted by molar-refractivity contribution is -0.131. The van der Waals surface area contributed by atoms with Crippen molar-refractivity contribution in [3.05, 3.63) is 0 Å². The quantitative estimate of drug-likeness (QED) is 0.714. The van der Waals surface area contributed by atoms with Crippen LogP contribution >= 0.6 is 0 Å². The molecular weight excluding hydrogens is 266 g/mol. The van der Waals surface area contributed by atoms with Crippen molar-refractivity contribution in [1.29, 1.82) is 0 Å². The molecule has 0 aromatic carbocycles. The average Bonchev–Trinajstić information content (AvgIpc) is 2.70. The molecule has 2 atom stereocenters. The fourth-order valence-electron chi connectivity index (χ4n) is 3.30. The predicted molar refractivity (Wildman–Crippen MR) is 73.4 cm³/mol. The van der Waals surface area contributed by atoms with Crippen molar-refractivity contribution in [2.24, 2.45) is 11.1 Å². The number of likely N-dealkylation sites (N-methyl/N-ethyl adjacent to an activating group) is 1. The van der Waals surface area contributed by atoms with E-state index in [1.165, 1.54) is 0 Å². The van der Waals surface area contributed by atoms with Gasteiger partial charge >= 0.3 is 0 Å². The second-order valence-corrected chi connectivity index (χ2v) is 8.34. The number of rotatable bonds is 3. The summed E-state index contributed by atoms with van der Waals surface area (Å²) in [5.41, 5.74) is 5.43. The molecule has 2 rings (SSSR count). The van der Waals surface area contributed by atoms with E-state index in [1.807, 2.05) is 14.1 Å². The summed E-state index contributed by atoms with van der Waals surface area (Å²) in [5, 5.41) is -0.468. The zero-order chi connectivity index (χ0) is 14.3. The fraction of sp³-hybridized carbons (Fsp3) is 0.917. The summed E-state index contributed by atoms with van der Waals surface area (Å²) in [6.45, 7) is 1.45. The molecule has 110 valence electrons. The summed E-state index contributed by atoms with van der Waals surface area (Å²) in [5.74, 6) is 0.220. The molecule has 0 bridgehead atoms. The van der Waals surface area contributed by atoms with Crippen LogP contribution in [0, 0.1) is 5.41 Å². The van der Waals surface area contributed by atoms with Gasteiger partial charge in [0.05, 0.1) is 17.5 Å². The lowest BCUT2D eigenvalue weighted by atomic mass is 9.82. The Hall–Kier alpha value is -0.660. The van der Waals surface area contributed by atoms with Gasteiger partial charge in [-0.25, -0.2) is 8.42 Å². The molecule has 19 heavy (non-hydrogen) atoms. The molecule has 1 amide bonds. The van der Waals surface area contributed by atoms with E-state index in [0.29, 0.717) is 32.6 Å². The molecule has 0 aliphatic carbocycles. The Labute approximate surface area is 114 Å². The molecule has 0 aromatic rings. The number of hydrogen-bond acceptors (Lipinski definition) is 5. The maximum Gasteiger partial charge on any atom is 0.236 e. The first-order valence-electron chi connectivity index (χ1n) is 6.65. The Morgan fingerprint density at radius 2 is 2.16 bits per heavy atom. The lowest BCUT2D eigenvalue weighted by Crippen LogP contribution is -2.49. The number of carbonyl (C=O) groups excluding carboxylic acids is 1. The highest BCUT2D eigenvalue weighted by Crippen LogP contribution is 2.42. The van der Waals surface area contributed by atoms with Gasteiger partial charge in [-0.2, -0.15) is 0 Å². The van der Waals surface area contributed by atoms with Crippen LogP contribution in [0.1, 0.15) is 12.8 Å². The lowest BCUT2D eigenvalue weighted by Gasteiger charge is -2.36. The SMILES string of the molecule is CN(C)CC(=O)N1CC2C(CN)(CCCS2(=O)=O)C1. The minimum absolute atomic E-state index is 0.0116. The molecule has 7 heteroatoms. The number of carbonyl (C=O) groups is 1. The summed E-state index contributed by atoms with van der Waals surface area (Å²) in [6, 6.07) is 0. The number of nitrogens with two attached hydrogens (primary N) is 1. The Bertz CT molecular complexity index is 463. The van der Waals surface area contributed by atoms with Crippen molar-refractivity contribution in [2.75, 3.05) is 46.0 Å². The van der Waals surface area contributed by atoms with E-state index in [4.69, 9.17) is 5.73 Å². The van der Waals surface area contributed by atoms with Crippen LogP contribution < -0.4 is 5.73 Å². The summed E-state index contributed by atoms with van der Waals surface area (Å²) < 4.78 is 24.4. The fourth-order valence-corrected chi connectivity index (χ4v) is 5.59. The van der Waals surface area contributed by atoms with Crippen LogP contribution in [0.25, 0.3) is 0 Å². The van der Waals surface area contributed by atoms with Gasteiger partial charge in [0.15, 0.2) is 9.84 Å². The smallest absolute Gasteiger partial charge is 0.236 e. The highest BCUT2D eigenvalue weighted by molar-refractivity contribution is 7.92. The molecule has 2 aliphatic heterocycles. The van der Waals surface area contributed by atoms with Gasteiger partial charge in [-0.1, -0.05) is 0 Å². The van der Waals surface area contributed by atoms with Crippen molar-refractivity contribution >= 4 is 15.7 Å². The average molecular weight is 289 g/mol. The highest BCUT2D eigenvalue weighted by atomic mass is 32.2. The van der Waals surface area contributed by atoms with E-state index in [-0.39, 0.29) is 11.7 Å². The monoisotopic (exact) mass is 289 g/mol. The van der Waals surface area contributed by atoms with E-state index < -0.39 is 20.5 Å². The van der Waals surface area contributed by atoms with Crippen LogP contribution in [0.4, 0.5) is 0 Å². The summed E-state index contributed by atoms with van der Waals surface area (Å²) in [4.78, 5) is 15.6. The zero-order valence-electron chi connectivity index (χ0n) is 11.6. The minimum atomic E-state index is -3.11. The summed E-state index contributed by atoms with van der Waals surface area (Å²) in [7, 11) is 0.546. The molecule has 0 saturated carbocycles. The first-order chi connectivity index (χ1) is 8.81. The number of likely N-dealkylation sites (tertiary alicyclic amines) is 1. The molecular formula is C12H23N3O3S. The largest absolute Gasteiger partial charge is 0.340 e. The van der Waals surface area contributed by atoms with Crippen molar-refractivity contribution in [2.45, 2.75) is 18.1 Å². The van der Waals surface area contributed by atoms with Gasteiger partial charge in [0.1, 0.15) is 0 Å². The van der Waals surface area contributed by atoms with E-state index in [0.717, 1.165) is 6.42 Å². The molecule has 2 fully saturated rings. The first-order valence-corrected chi connectivity index (χ1v) is 8.36. The van der Waals surface area contributed by atoms with E-state index in [1.54, 1.807) is 9.80 Å². The number of fused-ring (bicyclic) bond motifs is 1. The highest BCUT2D eigenvalue weighted by Gasteiger charge is 2.54. The third-order valence-electron chi connectivity index (χ3n) is 4.32. The van der Waals surface area contributed by atoms with E-state index in [9.17, 15) is 13.2 Å². The second kappa shape index (κ2) is 5.03. The van der Waals surface area contributed by atoms with Gasteiger partial charge in [-0.05, 0) is 26.9 Å². The number of amides is 1. The molecule has 6 nitrogen and oxygen atoms in total. The molecule has 2 N–H and O–H groups in total. The van der Waals surface area contributed by atoms with Gasteiger partial charge < -0.3 is 15.5 Å². The Morgan fingerprint density at radius 1 is 1.47 bits per heavy atom. The number of hydrogen-bond donors (Lipinski definition) is 1. The molecule has 2 aliphatic rings. The number of sulfone groups is 1. The summed E-state index contributed by atoms with van der Waals surface area (Å²) >= 11 is 0. The minimum Gasteiger partial charge on any atom is -0.340 e. The molecule has 0 radical (unpaired) electrons. The van der Waals surface area contributed by atoms with Gasteiger partial charge in [-0.3, -0.25) is 4.79 Å². The molecule has 0 aromatic heterocycles. The number of nitrogens with zero attached hydrogens (tertiary/aromatic N) is 2. The maximum atomic E-state index is 12.2. The van der Waals surface area contributed by atoms with Crippen molar-refractivity contribution in [1.82, 2.24) is 9.80 Å². The van der Waals surface area contributed by atoms with Gasteiger partial charge in [-0.15, -0.1) is 0 Å². The van der Waals surface area contributed by atoms with Crippen molar-refractivity contribution < 1.29 is 13.2 Å². The standard InChI is InChI=1S/C12H23N3O3S/c1-14(2)7-11(16)15-6-10-12(8-13,9-15)4-3-5-19(10,17)18/h10H,3-9,13H2,1-2H3. The Balaban J connectivity index is 2.21. The zero-order valence-corrected chi connectivity index (χ0v) is 12.4. The molecule has 2 unspecified atom stereocenters. The van der Waals surface area contributed by atoms with Crippen LogP contribution in [0.15, 0.2) is 0 Å². The molecule has 2 saturated heterocycles. The van der Waals surface area contributed by atoms with E-state index in [2.05, 4.69) is 0 Å². The van der Waals surface area contributed by atoms with Gasteiger partial charge in [0.2, 0.25) is 5.91 Å². The van der Waals surface area contributed by atoms with Crippen molar-refractivity contribution in [3.8, 4) is 0 Å². The van der Waals surface area contributed by atoms with Crippen LogP contribution in [0.5, 0.6) is 0 Å². The summed E-state index contributed by atoms with van der Waals surface area (Å²) in [6.07, 6.45) is 1.46. The van der Waals surface area contributed by atoms with Crippen LogP contribution in [0.2, 0.25) is 0 Å².